The van der Waals surface area contributed by atoms with Gasteiger partial charge in [0.15, 0.2) is 11.6 Å². The van der Waals surface area contributed by atoms with Gasteiger partial charge in [-0.25, -0.2) is 9.37 Å². The average Bonchev–Trinajstić information content (AvgIpc) is 3.34. The van der Waals surface area contributed by atoms with E-state index < -0.39 is 11.7 Å². The molecule has 2 aliphatic rings. The summed E-state index contributed by atoms with van der Waals surface area (Å²) in [7, 11) is 0. The van der Waals surface area contributed by atoms with Crippen molar-refractivity contribution in [2.45, 2.75) is 50.9 Å². The number of aromatic hydroxyl groups is 1. The smallest absolute Gasteiger partial charge is 0.177 e. The van der Waals surface area contributed by atoms with E-state index in [1.165, 1.54) is 17.1 Å². The summed E-state index contributed by atoms with van der Waals surface area (Å²) < 4.78 is 15.2. The molecule has 31 heavy (non-hydrogen) atoms. The molecule has 0 unspecified atom stereocenters. The Morgan fingerprint density at radius 2 is 2.16 bits per heavy atom. The number of fused-ring (bicyclic) bond motifs is 2. The Morgan fingerprint density at radius 1 is 1.32 bits per heavy atom. The Kier molecular flexibility index (Phi) is 4.54. The maximum Gasteiger partial charge on any atom is 0.177 e. The molecule has 1 aromatic carbocycles. The van der Waals surface area contributed by atoms with Gasteiger partial charge in [-0.15, -0.1) is 25.2 Å². The minimum Gasteiger partial charge on any atom is -0.507 e. The van der Waals surface area contributed by atoms with Crippen molar-refractivity contribution >= 4 is 5.57 Å². The number of benzene rings is 1. The SMILES string of the molecule is C=C(c1ncc(-c2ccc(-n3nnc(C)n3)cc2O)nn1)[C@@H]1C[C@H]2CC[C@](C)(N2)[C@H]1F. The van der Waals surface area contributed by atoms with Crippen LogP contribution in [0.4, 0.5) is 4.39 Å². The summed E-state index contributed by atoms with van der Waals surface area (Å²) in [5.74, 6) is 0.514. The number of nitrogens with one attached hydrogen (secondary N) is 1. The molecule has 0 aliphatic carbocycles. The summed E-state index contributed by atoms with van der Waals surface area (Å²) in [6.45, 7) is 7.75. The van der Waals surface area contributed by atoms with Crippen molar-refractivity contribution in [2.75, 3.05) is 0 Å². The summed E-state index contributed by atoms with van der Waals surface area (Å²) in [4.78, 5) is 5.70. The van der Waals surface area contributed by atoms with Crippen LogP contribution in [0.3, 0.4) is 0 Å². The van der Waals surface area contributed by atoms with Gasteiger partial charge in [-0.05, 0) is 56.0 Å². The van der Waals surface area contributed by atoms with Crippen LogP contribution in [0.2, 0.25) is 0 Å². The second-order valence-electron chi connectivity index (χ2n) is 8.56. The maximum atomic E-state index is 15.2. The van der Waals surface area contributed by atoms with Gasteiger partial charge in [0.25, 0.3) is 0 Å². The van der Waals surface area contributed by atoms with Crippen molar-refractivity contribution in [2.24, 2.45) is 5.92 Å². The zero-order valence-corrected chi connectivity index (χ0v) is 17.3. The number of tetrazole rings is 1. The van der Waals surface area contributed by atoms with Gasteiger partial charge in [-0.2, -0.15) is 0 Å². The Morgan fingerprint density at radius 3 is 2.84 bits per heavy atom. The number of phenols is 1. The third kappa shape index (κ3) is 3.36. The van der Waals surface area contributed by atoms with Gasteiger partial charge < -0.3 is 10.4 Å². The lowest BCUT2D eigenvalue weighted by molar-refractivity contribution is 0.102. The molecule has 0 spiro atoms. The lowest BCUT2D eigenvalue weighted by Crippen LogP contribution is -2.56. The average molecular weight is 422 g/mol. The van der Waals surface area contributed by atoms with E-state index >= 15 is 4.39 Å². The van der Waals surface area contributed by atoms with Crippen molar-refractivity contribution in [1.29, 1.82) is 0 Å². The van der Waals surface area contributed by atoms with E-state index in [1.807, 2.05) is 6.92 Å². The zero-order chi connectivity index (χ0) is 21.8. The number of alkyl halides is 1. The molecule has 9 nitrogen and oxygen atoms in total. The molecule has 0 saturated carbocycles. The second kappa shape index (κ2) is 7.16. The molecule has 2 aliphatic heterocycles. The fourth-order valence-electron chi connectivity index (χ4n) is 4.63. The molecule has 2 bridgehead atoms. The fourth-order valence-corrected chi connectivity index (χ4v) is 4.63. The number of hydrogen-bond acceptors (Lipinski definition) is 8. The van der Waals surface area contributed by atoms with Gasteiger partial charge in [-0.3, -0.25) is 0 Å². The van der Waals surface area contributed by atoms with E-state index in [0.717, 1.165) is 12.8 Å². The Hall–Kier alpha value is -3.27. The normalized spacial score (nSPS) is 27.4. The van der Waals surface area contributed by atoms with E-state index in [-0.39, 0.29) is 11.7 Å². The van der Waals surface area contributed by atoms with Crippen molar-refractivity contribution < 1.29 is 9.50 Å². The highest BCUT2D eigenvalue weighted by Gasteiger charge is 2.51. The number of piperidine rings is 1. The van der Waals surface area contributed by atoms with E-state index in [0.29, 0.717) is 46.6 Å². The number of rotatable bonds is 4. The second-order valence-corrected chi connectivity index (χ2v) is 8.56. The first-order valence-electron chi connectivity index (χ1n) is 10.2. The van der Waals surface area contributed by atoms with Gasteiger partial charge in [-0.1, -0.05) is 6.58 Å². The first kappa shape index (κ1) is 19.7. The molecule has 10 heteroatoms. The summed E-state index contributed by atoms with van der Waals surface area (Å²) >= 11 is 0. The first-order valence-corrected chi connectivity index (χ1v) is 10.2. The summed E-state index contributed by atoms with van der Waals surface area (Å²) in [5, 5.41) is 34.1. The van der Waals surface area contributed by atoms with E-state index in [4.69, 9.17) is 0 Å². The number of allylic oxidation sites excluding steroid dienone is 1. The maximum absolute atomic E-state index is 15.2. The van der Waals surface area contributed by atoms with E-state index in [2.05, 4.69) is 42.5 Å². The van der Waals surface area contributed by atoms with Gasteiger partial charge in [0.2, 0.25) is 0 Å². The third-order valence-corrected chi connectivity index (χ3v) is 6.34. The molecule has 4 atom stereocenters. The molecule has 0 radical (unpaired) electrons. The summed E-state index contributed by atoms with van der Waals surface area (Å²) in [6, 6.07) is 5.24. The number of halogens is 1. The number of phenolic OH excluding ortho intramolecular Hbond substituents is 1. The minimum atomic E-state index is -1.05. The monoisotopic (exact) mass is 422 g/mol. The molecule has 2 aromatic heterocycles. The lowest BCUT2D eigenvalue weighted by atomic mass is 9.78. The van der Waals surface area contributed by atoms with Crippen LogP contribution in [0.1, 0.15) is 37.8 Å². The number of aryl methyl sites for hydroxylation is 1. The van der Waals surface area contributed by atoms with Crippen molar-refractivity contribution in [3.05, 3.63) is 42.6 Å². The Labute approximate surface area is 178 Å². The zero-order valence-electron chi connectivity index (χ0n) is 17.3. The number of aromatic nitrogens is 7. The van der Waals surface area contributed by atoms with Crippen LogP contribution in [0.5, 0.6) is 5.75 Å². The fraction of sp³-hybridized carbons (Fsp3) is 0.429. The number of hydrogen-bond donors (Lipinski definition) is 2. The van der Waals surface area contributed by atoms with Crippen molar-refractivity contribution in [3.8, 4) is 22.7 Å². The molecule has 3 aromatic rings. The first-order chi connectivity index (χ1) is 14.8. The lowest BCUT2D eigenvalue weighted by Gasteiger charge is -2.40. The van der Waals surface area contributed by atoms with Crippen LogP contribution < -0.4 is 5.32 Å². The van der Waals surface area contributed by atoms with Crippen LogP contribution in [0.25, 0.3) is 22.5 Å². The molecule has 4 heterocycles. The standard InChI is InChI=1S/C21H23FN8O/c1-11(16-8-13-6-7-21(3,24-13)19(16)22)20-23-10-17(26-27-20)15-5-4-14(9-18(15)31)30-28-12(2)25-29-30/h4-5,9-10,13,16,19,24,31H,1,6-8H2,2-3H3/t13-,16+,19+,21+/m1/s1. The molecular formula is C21H23FN8O. The predicted octanol–water partition coefficient (Wildman–Crippen LogP) is 2.41. The molecule has 2 saturated heterocycles. The molecule has 2 N–H and O–H groups in total. The van der Waals surface area contributed by atoms with Crippen LogP contribution in [-0.2, 0) is 0 Å². The van der Waals surface area contributed by atoms with Crippen molar-refractivity contribution in [1.82, 2.24) is 40.7 Å². The number of nitrogens with zero attached hydrogens (tertiary/aromatic N) is 7. The van der Waals surface area contributed by atoms with Crippen molar-refractivity contribution in [3.63, 3.8) is 0 Å². The topological polar surface area (TPSA) is 115 Å². The molecule has 160 valence electrons. The highest BCUT2D eigenvalue weighted by Crippen LogP contribution is 2.44. The van der Waals surface area contributed by atoms with Crippen LogP contribution in [0.15, 0.2) is 31.0 Å². The minimum absolute atomic E-state index is 0.0122. The molecular weight excluding hydrogens is 399 g/mol. The quantitative estimate of drug-likeness (QED) is 0.659. The molecule has 0 amide bonds. The van der Waals surface area contributed by atoms with Gasteiger partial charge >= 0.3 is 0 Å². The van der Waals surface area contributed by atoms with Gasteiger partial charge in [0.1, 0.15) is 17.6 Å². The van der Waals surface area contributed by atoms with Crippen LogP contribution in [0, 0.1) is 12.8 Å². The molecule has 2 fully saturated rings. The van der Waals surface area contributed by atoms with Gasteiger partial charge in [0.05, 0.1) is 11.9 Å². The van der Waals surface area contributed by atoms with Crippen LogP contribution in [-0.4, -0.2) is 58.2 Å². The summed E-state index contributed by atoms with van der Waals surface area (Å²) in [6.07, 6.45) is 2.94. The predicted molar refractivity (Wildman–Crippen MR) is 111 cm³/mol. The Bertz CT molecular complexity index is 1150. The third-order valence-electron chi connectivity index (χ3n) is 6.34. The summed E-state index contributed by atoms with van der Waals surface area (Å²) in [5.41, 5.74) is 1.48. The van der Waals surface area contributed by atoms with Gasteiger partial charge in [0, 0.05) is 29.1 Å². The highest BCUT2D eigenvalue weighted by atomic mass is 19.1. The Balaban J connectivity index is 1.37. The molecule has 5 rings (SSSR count). The van der Waals surface area contributed by atoms with E-state index in [1.54, 1.807) is 19.1 Å². The van der Waals surface area contributed by atoms with E-state index in [9.17, 15) is 5.11 Å². The highest BCUT2D eigenvalue weighted by molar-refractivity contribution is 5.68. The largest absolute Gasteiger partial charge is 0.507 e. The van der Waals surface area contributed by atoms with Crippen LogP contribution >= 0.6 is 0 Å².